The van der Waals surface area contributed by atoms with Gasteiger partial charge in [0.25, 0.3) is 5.91 Å². The molecule has 2 aliphatic rings. The van der Waals surface area contributed by atoms with Crippen LogP contribution < -0.4 is 15.0 Å². The number of carbonyl (C=O) groups is 3. The van der Waals surface area contributed by atoms with Crippen molar-refractivity contribution in [3.05, 3.63) is 52.3 Å². The largest absolute Gasteiger partial charge is 0.573 e. The van der Waals surface area contributed by atoms with Crippen molar-refractivity contribution in [1.82, 2.24) is 15.2 Å². The van der Waals surface area contributed by atoms with Crippen LogP contribution in [0, 0.1) is 0 Å². The number of halogens is 5. The minimum Gasteiger partial charge on any atom is -0.406 e. The first-order valence-electron chi connectivity index (χ1n) is 9.99. The Morgan fingerprint density at radius 2 is 1.82 bits per heavy atom. The third-order valence-electron chi connectivity index (χ3n) is 5.59. The average Bonchev–Trinajstić information content (AvgIpc) is 3.14. The summed E-state index contributed by atoms with van der Waals surface area (Å²) in [7, 11) is 0. The van der Waals surface area contributed by atoms with Crippen LogP contribution in [0.5, 0.6) is 5.75 Å². The van der Waals surface area contributed by atoms with E-state index >= 15 is 0 Å². The van der Waals surface area contributed by atoms with E-state index in [1.807, 2.05) is 0 Å². The number of imide groups is 1. The van der Waals surface area contributed by atoms with Crippen LogP contribution in [0.25, 0.3) is 0 Å². The number of benzene rings is 1. The zero-order valence-electron chi connectivity index (χ0n) is 17.5. The van der Waals surface area contributed by atoms with Crippen LogP contribution >= 0.6 is 23.2 Å². The number of rotatable bonds is 5. The number of amides is 4. The van der Waals surface area contributed by atoms with Gasteiger partial charge in [-0.25, -0.2) is 14.7 Å². The quantitative estimate of drug-likeness (QED) is 0.479. The molecule has 0 bridgehead atoms. The van der Waals surface area contributed by atoms with Crippen molar-refractivity contribution in [3.63, 3.8) is 0 Å². The molecule has 0 saturated carbocycles. The van der Waals surface area contributed by atoms with Gasteiger partial charge in [-0.15, -0.1) is 13.2 Å². The molecular weight excluding hydrogens is 500 g/mol. The van der Waals surface area contributed by atoms with Gasteiger partial charge in [-0.05, 0) is 29.8 Å². The van der Waals surface area contributed by atoms with Gasteiger partial charge in [0.15, 0.2) is 0 Å². The second-order valence-corrected chi connectivity index (χ2v) is 8.78. The van der Waals surface area contributed by atoms with Crippen molar-refractivity contribution in [3.8, 4) is 5.75 Å². The number of pyridine rings is 1. The van der Waals surface area contributed by atoms with Crippen molar-refractivity contribution in [2.45, 2.75) is 37.7 Å². The second-order valence-electron chi connectivity index (χ2n) is 8.01. The van der Waals surface area contributed by atoms with Crippen LogP contribution in [0.3, 0.4) is 0 Å². The van der Waals surface area contributed by atoms with Gasteiger partial charge >= 0.3 is 12.4 Å². The highest BCUT2D eigenvalue weighted by Gasteiger charge is 2.62. The molecule has 0 radical (unpaired) electrons. The minimum absolute atomic E-state index is 0.00298. The molecule has 8 nitrogen and oxygen atoms in total. The van der Waals surface area contributed by atoms with E-state index in [1.165, 1.54) is 36.1 Å². The number of hydrogen-bond donors (Lipinski definition) is 1. The average molecular weight is 517 g/mol. The summed E-state index contributed by atoms with van der Waals surface area (Å²) in [6.45, 7) is 1.40. The van der Waals surface area contributed by atoms with Crippen molar-refractivity contribution < 1.29 is 32.3 Å². The summed E-state index contributed by atoms with van der Waals surface area (Å²) in [5, 5.41) is 2.70. The van der Waals surface area contributed by atoms with Gasteiger partial charge in [0, 0.05) is 32.4 Å². The molecule has 1 aromatic carbocycles. The highest BCUT2D eigenvalue weighted by molar-refractivity contribution is 6.33. The fourth-order valence-corrected chi connectivity index (χ4v) is 4.89. The second kappa shape index (κ2) is 8.62. The highest BCUT2D eigenvalue weighted by Crippen LogP contribution is 2.43. The Morgan fingerprint density at radius 3 is 2.38 bits per heavy atom. The molecular formula is C21H17Cl2F3N4O4. The minimum atomic E-state index is -4.84. The zero-order chi connectivity index (χ0) is 24.8. The number of alkyl halides is 3. The standard InChI is InChI=1S/C21H17Cl2F3N4O4/c1-11(31)27-13-9-20(8-12-2-4-15(5-3-12)34-21(24,25)26)18(32)30(19(33)29(20)10-13)14-6-16(22)28-17(23)7-14/h2-7,13H,8-10H2,1H3,(H,27,31)/t13-,20+/m0/s1. The summed E-state index contributed by atoms with van der Waals surface area (Å²) in [5.74, 6) is -1.30. The molecule has 1 N–H and O–H groups in total. The van der Waals surface area contributed by atoms with Crippen LogP contribution in [0.2, 0.25) is 10.3 Å². The number of aromatic nitrogens is 1. The smallest absolute Gasteiger partial charge is 0.406 e. The van der Waals surface area contributed by atoms with E-state index in [9.17, 15) is 27.6 Å². The number of hydrogen-bond acceptors (Lipinski definition) is 5. The van der Waals surface area contributed by atoms with Crippen molar-refractivity contribution >= 4 is 46.7 Å². The van der Waals surface area contributed by atoms with Crippen LogP contribution in [0.4, 0.5) is 23.7 Å². The maximum absolute atomic E-state index is 13.7. The molecule has 180 valence electrons. The lowest BCUT2D eigenvalue weighted by atomic mass is 9.87. The van der Waals surface area contributed by atoms with Crippen molar-refractivity contribution in [2.24, 2.45) is 0 Å². The van der Waals surface area contributed by atoms with Gasteiger partial charge in [0.1, 0.15) is 21.6 Å². The predicted molar refractivity (Wildman–Crippen MR) is 116 cm³/mol. The Bertz CT molecular complexity index is 1140. The number of fused-ring (bicyclic) bond motifs is 1. The molecule has 4 amide bonds. The first-order valence-corrected chi connectivity index (χ1v) is 10.7. The van der Waals surface area contributed by atoms with Gasteiger partial charge in [-0.1, -0.05) is 35.3 Å². The Morgan fingerprint density at radius 1 is 1.21 bits per heavy atom. The molecule has 0 spiro atoms. The van der Waals surface area contributed by atoms with Gasteiger partial charge < -0.3 is 15.0 Å². The van der Waals surface area contributed by atoms with Gasteiger partial charge in [0.05, 0.1) is 5.69 Å². The molecule has 1 aromatic heterocycles. The Balaban J connectivity index is 1.69. The third kappa shape index (κ3) is 4.62. The first-order chi connectivity index (χ1) is 15.9. The lowest BCUT2D eigenvalue weighted by molar-refractivity contribution is -0.274. The fraction of sp³-hybridized carbons (Fsp3) is 0.333. The number of carbonyl (C=O) groups excluding carboxylic acids is 3. The summed E-state index contributed by atoms with van der Waals surface area (Å²) >= 11 is 11.9. The number of ether oxygens (including phenoxy) is 1. The molecule has 4 rings (SSSR count). The molecule has 2 saturated heterocycles. The summed E-state index contributed by atoms with van der Waals surface area (Å²) < 4.78 is 41.3. The lowest BCUT2D eigenvalue weighted by Crippen LogP contribution is -2.47. The molecule has 0 unspecified atom stereocenters. The van der Waals surface area contributed by atoms with Gasteiger partial charge in [0.2, 0.25) is 5.91 Å². The maximum Gasteiger partial charge on any atom is 0.573 e. The van der Waals surface area contributed by atoms with E-state index in [4.69, 9.17) is 23.2 Å². The van der Waals surface area contributed by atoms with Crippen molar-refractivity contribution in [1.29, 1.82) is 0 Å². The van der Waals surface area contributed by atoms with E-state index < -0.39 is 35.6 Å². The SMILES string of the molecule is CC(=O)N[C@@H]1CN2C(=O)N(c3cc(Cl)nc(Cl)c3)C(=O)[C@@]2(Cc2ccc(OC(F)(F)F)cc2)C1. The van der Waals surface area contributed by atoms with E-state index in [0.29, 0.717) is 5.56 Å². The lowest BCUT2D eigenvalue weighted by Gasteiger charge is -2.28. The molecule has 13 heteroatoms. The number of urea groups is 1. The van der Waals surface area contributed by atoms with E-state index in [-0.39, 0.29) is 41.3 Å². The van der Waals surface area contributed by atoms with Gasteiger partial charge in [-0.3, -0.25) is 9.59 Å². The molecule has 2 aliphatic heterocycles. The molecule has 2 aromatic rings. The third-order valence-corrected chi connectivity index (χ3v) is 5.98. The Labute approximate surface area is 201 Å². The molecule has 0 aliphatic carbocycles. The van der Waals surface area contributed by atoms with Gasteiger partial charge in [-0.2, -0.15) is 0 Å². The number of nitrogens with zero attached hydrogens (tertiary/aromatic N) is 3. The maximum atomic E-state index is 13.7. The van der Waals surface area contributed by atoms with Crippen LogP contribution in [-0.4, -0.2) is 52.2 Å². The van der Waals surface area contributed by atoms with Crippen LogP contribution in [0.15, 0.2) is 36.4 Å². The van der Waals surface area contributed by atoms with E-state index in [2.05, 4.69) is 15.0 Å². The van der Waals surface area contributed by atoms with E-state index in [1.54, 1.807) is 0 Å². The molecule has 3 heterocycles. The first kappa shape index (κ1) is 24.1. The van der Waals surface area contributed by atoms with E-state index in [0.717, 1.165) is 17.0 Å². The topological polar surface area (TPSA) is 91.8 Å². The summed E-state index contributed by atoms with van der Waals surface area (Å²) in [5.41, 5.74) is -0.741. The zero-order valence-corrected chi connectivity index (χ0v) is 19.0. The summed E-state index contributed by atoms with van der Waals surface area (Å²) in [6, 6.07) is 6.58. The molecule has 2 fully saturated rings. The summed E-state index contributed by atoms with van der Waals surface area (Å²) in [6.07, 6.45) is -4.72. The normalized spacial score (nSPS) is 22.2. The molecule has 2 atom stereocenters. The molecule has 34 heavy (non-hydrogen) atoms. The summed E-state index contributed by atoms with van der Waals surface area (Å²) in [4.78, 5) is 44.8. The monoisotopic (exact) mass is 516 g/mol. The predicted octanol–water partition coefficient (Wildman–Crippen LogP) is 3.95. The number of nitrogens with one attached hydrogen (secondary N) is 1. The highest BCUT2D eigenvalue weighted by atomic mass is 35.5. The Hall–Kier alpha value is -3.05. The van der Waals surface area contributed by atoms with Crippen molar-refractivity contribution in [2.75, 3.05) is 11.4 Å². The van der Waals surface area contributed by atoms with Crippen LogP contribution in [0.1, 0.15) is 18.9 Å². The van der Waals surface area contributed by atoms with Crippen LogP contribution in [-0.2, 0) is 16.0 Å². The fourth-order valence-electron chi connectivity index (χ4n) is 4.44. The number of anilines is 1. The Kier molecular flexibility index (Phi) is 6.11.